The van der Waals surface area contributed by atoms with Crippen molar-refractivity contribution in [3.8, 4) is 11.5 Å². The van der Waals surface area contributed by atoms with Crippen LogP contribution in [0, 0.1) is 12.7 Å². The molecule has 0 aromatic heterocycles. The molecule has 0 aliphatic rings. The Morgan fingerprint density at radius 2 is 1.68 bits per heavy atom. The number of rotatable bonds is 4. The second kappa shape index (κ2) is 7.09. The molecule has 0 saturated heterocycles. The molecule has 0 amide bonds. The fourth-order valence-corrected chi connectivity index (χ4v) is 2.13. The SMILES string of the molecule is COc1cc(NC(=S)Nc2cccc(F)c2C)cc(OC)c1. The molecule has 22 heavy (non-hydrogen) atoms. The molecule has 0 fully saturated rings. The molecule has 0 heterocycles. The van der Waals surface area contributed by atoms with Crippen LogP contribution in [0.3, 0.4) is 0 Å². The van der Waals surface area contributed by atoms with Crippen LogP contribution in [0.2, 0.25) is 0 Å². The summed E-state index contributed by atoms with van der Waals surface area (Å²) >= 11 is 5.25. The fourth-order valence-electron chi connectivity index (χ4n) is 1.91. The third kappa shape index (κ3) is 3.85. The number of hydrogen-bond donors (Lipinski definition) is 2. The molecule has 2 N–H and O–H groups in total. The Labute approximate surface area is 134 Å². The van der Waals surface area contributed by atoms with E-state index in [0.29, 0.717) is 33.5 Å². The number of methoxy groups -OCH3 is 2. The molecule has 4 nitrogen and oxygen atoms in total. The maximum absolute atomic E-state index is 13.5. The summed E-state index contributed by atoms with van der Waals surface area (Å²) < 4.78 is 23.9. The molecular formula is C16H17FN2O2S. The van der Waals surface area contributed by atoms with E-state index >= 15 is 0 Å². The number of benzene rings is 2. The molecule has 0 radical (unpaired) electrons. The highest BCUT2D eigenvalue weighted by Gasteiger charge is 2.07. The first kappa shape index (κ1) is 16.0. The monoisotopic (exact) mass is 320 g/mol. The van der Waals surface area contributed by atoms with Gasteiger partial charge in [-0.05, 0) is 31.3 Å². The summed E-state index contributed by atoms with van der Waals surface area (Å²) in [6, 6.07) is 10.1. The molecule has 0 aliphatic heterocycles. The fraction of sp³-hybridized carbons (Fsp3) is 0.188. The van der Waals surface area contributed by atoms with Gasteiger partial charge in [0.2, 0.25) is 0 Å². The maximum atomic E-state index is 13.5. The molecule has 2 aromatic rings. The second-order valence-electron chi connectivity index (χ2n) is 4.59. The van der Waals surface area contributed by atoms with Crippen LogP contribution in [-0.4, -0.2) is 19.3 Å². The Morgan fingerprint density at radius 1 is 1.05 bits per heavy atom. The summed E-state index contributed by atoms with van der Waals surface area (Å²) in [4.78, 5) is 0. The topological polar surface area (TPSA) is 42.5 Å². The Balaban J connectivity index is 2.13. The zero-order chi connectivity index (χ0) is 16.1. The quantitative estimate of drug-likeness (QED) is 0.835. The highest BCUT2D eigenvalue weighted by molar-refractivity contribution is 7.80. The lowest BCUT2D eigenvalue weighted by atomic mass is 10.2. The smallest absolute Gasteiger partial charge is 0.175 e. The zero-order valence-corrected chi connectivity index (χ0v) is 13.4. The van der Waals surface area contributed by atoms with Crippen molar-refractivity contribution in [2.45, 2.75) is 6.92 Å². The molecule has 2 aromatic carbocycles. The summed E-state index contributed by atoms with van der Waals surface area (Å²) in [6.45, 7) is 1.69. The van der Waals surface area contributed by atoms with Crippen molar-refractivity contribution in [2.75, 3.05) is 24.9 Å². The van der Waals surface area contributed by atoms with E-state index in [-0.39, 0.29) is 5.82 Å². The predicted molar refractivity (Wildman–Crippen MR) is 90.5 cm³/mol. The molecule has 0 unspecified atom stereocenters. The average Bonchev–Trinajstić information content (AvgIpc) is 2.51. The summed E-state index contributed by atoms with van der Waals surface area (Å²) in [5.74, 6) is 1.01. The molecule has 116 valence electrons. The molecule has 2 rings (SSSR count). The first-order valence-electron chi connectivity index (χ1n) is 6.59. The lowest BCUT2D eigenvalue weighted by molar-refractivity contribution is 0.395. The molecule has 0 spiro atoms. The second-order valence-corrected chi connectivity index (χ2v) is 5.00. The minimum absolute atomic E-state index is 0.282. The van der Waals surface area contributed by atoms with Crippen molar-refractivity contribution < 1.29 is 13.9 Å². The van der Waals surface area contributed by atoms with E-state index in [1.165, 1.54) is 6.07 Å². The van der Waals surface area contributed by atoms with Gasteiger partial charge in [-0.1, -0.05) is 6.07 Å². The van der Waals surface area contributed by atoms with Gasteiger partial charge in [-0.3, -0.25) is 0 Å². The van der Waals surface area contributed by atoms with Gasteiger partial charge in [-0.15, -0.1) is 0 Å². The highest BCUT2D eigenvalue weighted by Crippen LogP contribution is 2.26. The largest absolute Gasteiger partial charge is 0.497 e. The van der Waals surface area contributed by atoms with Crippen LogP contribution < -0.4 is 20.1 Å². The van der Waals surface area contributed by atoms with Crippen LogP contribution in [-0.2, 0) is 0 Å². The summed E-state index contributed by atoms with van der Waals surface area (Å²) in [5, 5.41) is 6.35. The van der Waals surface area contributed by atoms with E-state index < -0.39 is 0 Å². The van der Waals surface area contributed by atoms with E-state index in [2.05, 4.69) is 10.6 Å². The number of thiocarbonyl (C=S) groups is 1. The number of halogens is 1. The summed E-state index contributed by atoms with van der Waals surface area (Å²) in [7, 11) is 3.15. The van der Waals surface area contributed by atoms with Crippen molar-refractivity contribution in [1.29, 1.82) is 0 Å². The lowest BCUT2D eigenvalue weighted by Gasteiger charge is -2.14. The van der Waals surface area contributed by atoms with Gasteiger partial charge >= 0.3 is 0 Å². The van der Waals surface area contributed by atoms with Crippen LogP contribution in [0.4, 0.5) is 15.8 Å². The minimum atomic E-state index is -0.282. The standard InChI is InChI=1S/C16H17FN2O2S/c1-10-14(17)5-4-6-15(10)19-16(22)18-11-7-12(20-2)9-13(8-11)21-3/h4-9H,1-3H3,(H2,18,19,22). The first-order valence-corrected chi connectivity index (χ1v) is 7.00. The van der Waals surface area contributed by atoms with Crippen molar-refractivity contribution in [1.82, 2.24) is 0 Å². The molecule has 6 heteroatoms. The molecule has 0 saturated carbocycles. The van der Waals surface area contributed by atoms with Gasteiger partial charge in [0.05, 0.1) is 14.2 Å². The molecule has 0 aliphatic carbocycles. The summed E-state index contributed by atoms with van der Waals surface area (Å²) in [6.07, 6.45) is 0. The highest BCUT2D eigenvalue weighted by atomic mass is 32.1. The zero-order valence-electron chi connectivity index (χ0n) is 12.6. The minimum Gasteiger partial charge on any atom is -0.497 e. The third-order valence-electron chi connectivity index (χ3n) is 3.13. The predicted octanol–water partition coefficient (Wildman–Crippen LogP) is 3.96. The van der Waals surface area contributed by atoms with Crippen LogP contribution >= 0.6 is 12.2 Å². The number of anilines is 2. The normalized spacial score (nSPS) is 10.0. The van der Waals surface area contributed by atoms with Gasteiger partial charge in [-0.25, -0.2) is 4.39 Å². The van der Waals surface area contributed by atoms with Crippen LogP contribution in [0.15, 0.2) is 36.4 Å². The Bertz CT molecular complexity index is 670. The number of ether oxygens (including phenoxy) is 2. The molecule has 0 bridgehead atoms. The first-order chi connectivity index (χ1) is 10.5. The van der Waals surface area contributed by atoms with Crippen LogP contribution in [0.1, 0.15) is 5.56 Å². The lowest BCUT2D eigenvalue weighted by Crippen LogP contribution is -2.19. The Kier molecular flexibility index (Phi) is 5.16. The van der Waals surface area contributed by atoms with Crippen LogP contribution in [0.5, 0.6) is 11.5 Å². The van der Waals surface area contributed by atoms with E-state index in [1.807, 2.05) is 0 Å². The van der Waals surface area contributed by atoms with E-state index in [0.717, 1.165) is 0 Å². The average molecular weight is 320 g/mol. The number of hydrogen-bond acceptors (Lipinski definition) is 3. The van der Waals surface area contributed by atoms with Gasteiger partial charge in [0, 0.05) is 35.1 Å². The van der Waals surface area contributed by atoms with Crippen molar-refractivity contribution in [2.24, 2.45) is 0 Å². The van der Waals surface area contributed by atoms with Gasteiger partial charge < -0.3 is 20.1 Å². The van der Waals surface area contributed by atoms with Gasteiger partial charge in [0.1, 0.15) is 17.3 Å². The molecular weight excluding hydrogens is 303 g/mol. The summed E-state index contributed by atoms with van der Waals surface area (Å²) in [5.41, 5.74) is 1.84. The third-order valence-corrected chi connectivity index (χ3v) is 3.33. The van der Waals surface area contributed by atoms with Crippen molar-refractivity contribution in [3.05, 3.63) is 47.8 Å². The van der Waals surface area contributed by atoms with E-state index in [4.69, 9.17) is 21.7 Å². The van der Waals surface area contributed by atoms with Crippen molar-refractivity contribution in [3.63, 3.8) is 0 Å². The van der Waals surface area contributed by atoms with Crippen molar-refractivity contribution >= 4 is 28.7 Å². The van der Waals surface area contributed by atoms with Gasteiger partial charge in [-0.2, -0.15) is 0 Å². The van der Waals surface area contributed by atoms with E-state index in [9.17, 15) is 4.39 Å². The number of nitrogens with one attached hydrogen (secondary N) is 2. The van der Waals surface area contributed by atoms with Crippen LogP contribution in [0.25, 0.3) is 0 Å². The molecule has 0 atom stereocenters. The van der Waals surface area contributed by atoms with Gasteiger partial charge in [0.25, 0.3) is 0 Å². The Morgan fingerprint density at radius 3 is 2.27 bits per heavy atom. The van der Waals surface area contributed by atoms with E-state index in [1.54, 1.807) is 51.5 Å². The maximum Gasteiger partial charge on any atom is 0.175 e. The van der Waals surface area contributed by atoms with Gasteiger partial charge in [0.15, 0.2) is 5.11 Å². The Hall–Kier alpha value is -2.34.